The fourth-order valence-electron chi connectivity index (χ4n) is 2.21. The predicted molar refractivity (Wildman–Crippen MR) is 95.6 cm³/mol. The summed E-state index contributed by atoms with van der Waals surface area (Å²) >= 11 is 0. The third-order valence-corrected chi connectivity index (χ3v) is 3.60. The Bertz CT molecular complexity index is 276. The number of rotatable bonds is 14. The third kappa shape index (κ3) is 17.1. The van der Waals surface area contributed by atoms with Gasteiger partial charge in [-0.15, -0.1) is 0 Å². The lowest BCUT2D eigenvalue weighted by Gasteiger charge is -2.04. The highest BCUT2D eigenvalue weighted by Gasteiger charge is 1.97. The molecule has 0 aromatic rings. The molecule has 0 aliphatic carbocycles. The maximum Gasteiger partial charge on any atom is 0.0723 e. The molecular formula is C20H36O. The topological polar surface area (TPSA) is 20.2 Å². The largest absolute Gasteiger partial charge is 0.389 e. The van der Waals surface area contributed by atoms with E-state index in [2.05, 4.69) is 32.1 Å². The number of hydrogen-bond donors (Lipinski definition) is 1. The molecule has 1 heteroatoms. The maximum absolute atomic E-state index is 9.79. The molecule has 0 bridgehead atoms. The van der Waals surface area contributed by atoms with Crippen molar-refractivity contribution in [3.63, 3.8) is 0 Å². The molecule has 0 radical (unpaired) electrons. The van der Waals surface area contributed by atoms with Gasteiger partial charge in [-0.1, -0.05) is 95.2 Å². The van der Waals surface area contributed by atoms with Crippen molar-refractivity contribution in [3.8, 4) is 0 Å². The van der Waals surface area contributed by atoms with E-state index in [4.69, 9.17) is 0 Å². The zero-order valence-electron chi connectivity index (χ0n) is 14.3. The number of aliphatic hydroxyl groups excluding tert-OH is 1. The van der Waals surface area contributed by atoms with Crippen molar-refractivity contribution < 1.29 is 5.11 Å². The molecule has 0 amide bonds. The lowest BCUT2D eigenvalue weighted by atomic mass is 10.1. The van der Waals surface area contributed by atoms with E-state index in [9.17, 15) is 5.11 Å². The van der Waals surface area contributed by atoms with Crippen LogP contribution in [0.25, 0.3) is 0 Å². The van der Waals surface area contributed by atoms with Crippen LogP contribution < -0.4 is 0 Å². The summed E-state index contributed by atoms with van der Waals surface area (Å²) in [5.74, 6) is 0. The average molecular weight is 293 g/mol. The molecule has 1 atom stereocenters. The smallest absolute Gasteiger partial charge is 0.0723 e. The second-order valence-electron chi connectivity index (χ2n) is 5.79. The molecule has 0 saturated heterocycles. The van der Waals surface area contributed by atoms with Crippen molar-refractivity contribution in [1.29, 1.82) is 0 Å². The quantitative estimate of drug-likeness (QED) is 0.225. The van der Waals surface area contributed by atoms with E-state index in [1.54, 1.807) is 0 Å². The highest BCUT2D eigenvalue weighted by molar-refractivity contribution is 5.06. The van der Waals surface area contributed by atoms with E-state index in [0.717, 1.165) is 19.3 Å². The first-order chi connectivity index (χ1) is 10.3. The Balaban J connectivity index is 3.48. The van der Waals surface area contributed by atoms with Gasteiger partial charge in [-0.3, -0.25) is 0 Å². The van der Waals surface area contributed by atoms with Crippen molar-refractivity contribution in [2.45, 2.75) is 90.6 Å². The molecule has 0 heterocycles. The normalized spacial score (nSPS) is 13.9. The molecule has 0 saturated carbocycles. The first kappa shape index (κ1) is 20.2. The van der Waals surface area contributed by atoms with Crippen LogP contribution in [0.1, 0.15) is 84.5 Å². The van der Waals surface area contributed by atoms with E-state index in [1.807, 2.05) is 18.2 Å². The van der Waals surface area contributed by atoms with Crippen molar-refractivity contribution in [2.75, 3.05) is 0 Å². The van der Waals surface area contributed by atoms with Crippen molar-refractivity contribution in [1.82, 2.24) is 0 Å². The Morgan fingerprint density at radius 3 is 2.24 bits per heavy atom. The third-order valence-electron chi connectivity index (χ3n) is 3.60. The molecule has 122 valence electrons. The SMILES string of the molecule is CCCCC/C=C\C/C=C\C=C\[C@@H](O)CCCCCCC. The lowest BCUT2D eigenvalue weighted by Crippen LogP contribution is -2.01. The first-order valence-corrected chi connectivity index (χ1v) is 8.97. The Labute approximate surface area is 132 Å². The predicted octanol–water partition coefficient (Wildman–Crippen LogP) is 6.35. The molecule has 0 rings (SSSR count). The van der Waals surface area contributed by atoms with Gasteiger partial charge >= 0.3 is 0 Å². The van der Waals surface area contributed by atoms with Gasteiger partial charge in [0.15, 0.2) is 0 Å². The summed E-state index contributed by atoms with van der Waals surface area (Å²) < 4.78 is 0. The van der Waals surface area contributed by atoms with Gasteiger partial charge in [0.1, 0.15) is 0 Å². The first-order valence-electron chi connectivity index (χ1n) is 8.97. The van der Waals surface area contributed by atoms with Crippen molar-refractivity contribution >= 4 is 0 Å². The van der Waals surface area contributed by atoms with Crippen LogP contribution in [-0.2, 0) is 0 Å². The minimum atomic E-state index is -0.277. The van der Waals surface area contributed by atoms with Crippen LogP contribution in [0.5, 0.6) is 0 Å². The van der Waals surface area contributed by atoms with Crippen LogP contribution in [0.4, 0.5) is 0 Å². The molecule has 21 heavy (non-hydrogen) atoms. The average Bonchev–Trinajstić information content (AvgIpc) is 2.49. The van der Waals surface area contributed by atoms with Crippen molar-refractivity contribution in [2.24, 2.45) is 0 Å². The zero-order valence-corrected chi connectivity index (χ0v) is 14.3. The minimum Gasteiger partial charge on any atom is -0.389 e. The Hall–Kier alpha value is -0.820. The highest BCUT2D eigenvalue weighted by atomic mass is 16.3. The number of unbranched alkanes of at least 4 members (excludes halogenated alkanes) is 7. The van der Waals surface area contributed by atoms with E-state index in [0.29, 0.717) is 0 Å². The van der Waals surface area contributed by atoms with Gasteiger partial charge in [-0.05, 0) is 25.7 Å². The fraction of sp³-hybridized carbons (Fsp3) is 0.700. The second-order valence-corrected chi connectivity index (χ2v) is 5.79. The summed E-state index contributed by atoms with van der Waals surface area (Å²) in [5, 5.41) is 9.79. The number of hydrogen-bond acceptors (Lipinski definition) is 1. The van der Waals surface area contributed by atoms with E-state index < -0.39 is 0 Å². The van der Waals surface area contributed by atoms with Gasteiger partial charge < -0.3 is 5.11 Å². The highest BCUT2D eigenvalue weighted by Crippen LogP contribution is 2.08. The molecule has 0 unspecified atom stereocenters. The van der Waals surface area contributed by atoms with Gasteiger partial charge in [-0.25, -0.2) is 0 Å². The summed E-state index contributed by atoms with van der Waals surface area (Å²) in [5.41, 5.74) is 0. The monoisotopic (exact) mass is 292 g/mol. The number of aliphatic hydroxyl groups is 1. The molecule has 0 aromatic carbocycles. The maximum atomic E-state index is 9.79. The summed E-state index contributed by atoms with van der Waals surface area (Å²) in [4.78, 5) is 0. The van der Waals surface area contributed by atoms with Crippen LogP contribution in [0.3, 0.4) is 0 Å². The Morgan fingerprint density at radius 2 is 1.48 bits per heavy atom. The molecule has 0 aromatic heterocycles. The molecule has 0 spiro atoms. The van der Waals surface area contributed by atoms with Crippen LogP contribution in [0.2, 0.25) is 0 Å². The van der Waals surface area contributed by atoms with E-state index >= 15 is 0 Å². The van der Waals surface area contributed by atoms with E-state index in [-0.39, 0.29) is 6.10 Å². The van der Waals surface area contributed by atoms with Crippen LogP contribution in [0.15, 0.2) is 36.5 Å². The molecule has 1 N–H and O–H groups in total. The molecule has 0 aliphatic heterocycles. The minimum absolute atomic E-state index is 0.277. The van der Waals surface area contributed by atoms with Gasteiger partial charge in [0, 0.05) is 0 Å². The van der Waals surface area contributed by atoms with Gasteiger partial charge in [0.2, 0.25) is 0 Å². The molecular weight excluding hydrogens is 256 g/mol. The molecule has 0 fully saturated rings. The lowest BCUT2D eigenvalue weighted by molar-refractivity contribution is 0.208. The molecule has 1 nitrogen and oxygen atoms in total. The van der Waals surface area contributed by atoms with Crippen LogP contribution >= 0.6 is 0 Å². The Kier molecular flexibility index (Phi) is 16.6. The number of allylic oxidation sites excluding steroid dienone is 5. The van der Waals surface area contributed by atoms with Crippen LogP contribution in [0, 0.1) is 0 Å². The summed E-state index contributed by atoms with van der Waals surface area (Å²) in [6.07, 6.45) is 25.6. The summed E-state index contributed by atoms with van der Waals surface area (Å²) in [6, 6.07) is 0. The second kappa shape index (κ2) is 17.2. The van der Waals surface area contributed by atoms with Gasteiger partial charge in [0.25, 0.3) is 0 Å². The molecule has 0 aliphatic rings. The Morgan fingerprint density at radius 1 is 0.762 bits per heavy atom. The summed E-state index contributed by atoms with van der Waals surface area (Å²) in [7, 11) is 0. The van der Waals surface area contributed by atoms with Crippen molar-refractivity contribution in [3.05, 3.63) is 36.5 Å². The zero-order chi connectivity index (χ0) is 15.6. The van der Waals surface area contributed by atoms with Gasteiger partial charge in [0.05, 0.1) is 6.10 Å². The summed E-state index contributed by atoms with van der Waals surface area (Å²) in [6.45, 7) is 4.46. The fourth-order valence-corrected chi connectivity index (χ4v) is 2.21. The van der Waals surface area contributed by atoms with E-state index in [1.165, 1.54) is 51.4 Å². The van der Waals surface area contributed by atoms with Crippen LogP contribution in [-0.4, -0.2) is 11.2 Å². The standard InChI is InChI=1S/C20H36O/c1-3-5-7-9-10-11-12-13-15-17-19-20(21)18-16-14-8-6-4-2/h10-11,13,15,17,19-21H,3-9,12,14,16,18H2,1-2H3/b11-10-,15-13-,19-17+/t20-/m0/s1. The van der Waals surface area contributed by atoms with Gasteiger partial charge in [-0.2, -0.15) is 0 Å².